The van der Waals surface area contributed by atoms with Crippen LogP contribution in [0.4, 0.5) is 13.2 Å². The van der Waals surface area contributed by atoms with E-state index in [1.165, 1.54) is 0 Å². The van der Waals surface area contributed by atoms with Crippen molar-refractivity contribution < 1.29 is 32.6 Å². The van der Waals surface area contributed by atoms with Gasteiger partial charge >= 0.3 is 12.1 Å². The summed E-state index contributed by atoms with van der Waals surface area (Å²) in [5.74, 6) is -4.35. The van der Waals surface area contributed by atoms with E-state index in [0.29, 0.717) is 32.3 Å². The summed E-state index contributed by atoms with van der Waals surface area (Å²) in [6.45, 7) is 0.805. The van der Waals surface area contributed by atoms with E-state index in [4.69, 9.17) is 4.74 Å². The highest BCUT2D eigenvalue weighted by Gasteiger charge is 2.44. The summed E-state index contributed by atoms with van der Waals surface area (Å²) in [7, 11) is 0. The maximum atomic E-state index is 12.8. The maximum absolute atomic E-state index is 12.8. The minimum absolute atomic E-state index is 0.0338. The van der Waals surface area contributed by atoms with Crippen LogP contribution >= 0.6 is 0 Å². The first-order valence-corrected chi connectivity index (χ1v) is 7.96. The predicted octanol–water partition coefficient (Wildman–Crippen LogP) is 2.35. The van der Waals surface area contributed by atoms with Crippen LogP contribution in [0.5, 0.6) is 0 Å². The summed E-state index contributed by atoms with van der Waals surface area (Å²) in [6.07, 6.45) is -2.51. The lowest BCUT2D eigenvalue weighted by Crippen LogP contribution is -2.50. The van der Waals surface area contributed by atoms with Crippen molar-refractivity contribution in [2.45, 2.75) is 50.7 Å². The molecule has 0 aromatic rings. The van der Waals surface area contributed by atoms with Crippen LogP contribution in [0.15, 0.2) is 0 Å². The van der Waals surface area contributed by atoms with Gasteiger partial charge < -0.3 is 15.2 Å². The van der Waals surface area contributed by atoms with Crippen molar-refractivity contribution in [3.8, 4) is 0 Å². The zero-order chi connectivity index (χ0) is 17.0. The number of amides is 1. The molecule has 2 aliphatic rings. The first kappa shape index (κ1) is 18.0. The number of hydrogen-bond donors (Lipinski definition) is 2. The van der Waals surface area contributed by atoms with E-state index in [1.54, 1.807) is 0 Å². The van der Waals surface area contributed by atoms with Crippen LogP contribution in [0.3, 0.4) is 0 Å². The van der Waals surface area contributed by atoms with Gasteiger partial charge in [0.1, 0.15) is 6.04 Å². The Kier molecular flexibility index (Phi) is 5.89. The number of carbonyl (C=O) groups excluding carboxylic acids is 1. The lowest BCUT2D eigenvalue weighted by molar-refractivity contribution is -0.186. The summed E-state index contributed by atoms with van der Waals surface area (Å²) in [5, 5.41) is 11.7. The molecule has 0 spiro atoms. The highest BCUT2D eigenvalue weighted by molar-refractivity contribution is 5.85. The van der Waals surface area contributed by atoms with E-state index in [0.717, 1.165) is 0 Å². The molecule has 1 heterocycles. The number of carboxylic acids is 1. The molecule has 1 aliphatic heterocycles. The van der Waals surface area contributed by atoms with Crippen molar-refractivity contribution in [1.82, 2.24) is 5.32 Å². The third-order valence-electron chi connectivity index (χ3n) is 4.74. The van der Waals surface area contributed by atoms with E-state index in [-0.39, 0.29) is 25.4 Å². The Morgan fingerprint density at radius 1 is 1.17 bits per heavy atom. The van der Waals surface area contributed by atoms with Gasteiger partial charge in [0.2, 0.25) is 5.91 Å². The Morgan fingerprint density at radius 2 is 1.91 bits per heavy atom. The highest BCUT2D eigenvalue weighted by atomic mass is 19.4. The van der Waals surface area contributed by atoms with Crippen molar-refractivity contribution in [1.29, 1.82) is 0 Å². The van der Waals surface area contributed by atoms with E-state index >= 15 is 0 Å². The maximum Gasteiger partial charge on any atom is 0.391 e. The second-order valence-corrected chi connectivity index (χ2v) is 6.40. The smallest absolute Gasteiger partial charge is 0.391 e. The summed E-state index contributed by atoms with van der Waals surface area (Å²) in [6, 6.07) is -1.10. The van der Waals surface area contributed by atoms with Crippen LogP contribution in [0, 0.1) is 17.8 Å². The second kappa shape index (κ2) is 7.51. The molecule has 0 bridgehead atoms. The predicted molar refractivity (Wildman–Crippen MR) is 74.6 cm³/mol. The number of carbonyl (C=O) groups is 2. The molecule has 8 heteroatoms. The van der Waals surface area contributed by atoms with E-state index in [9.17, 15) is 27.9 Å². The van der Waals surface area contributed by atoms with Crippen LogP contribution in [-0.4, -0.2) is 42.4 Å². The molecule has 0 radical (unpaired) electrons. The highest BCUT2D eigenvalue weighted by Crippen LogP contribution is 2.40. The molecule has 4 unspecified atom stereocenters. The minimum atomic E-state index is -4.30. The first-order chi connectivity index (χ1) is 10.8. The van der Waals surface area contributed by atoms with Crippen LogP contribution < -0.4 is 5.32 Å². The second-order valence-electron chi connectivity index (χ2n) is 6.40. The molecule has 23 heavy (non-hydrogen) atoms. The van der Waals surface area contributed by atoms with Crippen LogP contribution in [0.2, 0.25) is 0 Å². The Bertz CT molecular complexity index is 435. The topological polar surface area (TPSA) is 75.6 Å². The van der Waals surface area contributed by atoms with Gasteiger partial charge in [-0.15, -0.1) is 0 Å². The van der Waals surface area contributed by atoms with Gasteiger partial charge in [-0.2, -0.15) is 13.2 Å². The number of hydrogen-bond acceptors (Lipinski definition) is 3. The van der Waals surface area contributed by atoms with Gasteiger partial charge in [-0.1, -0.05) is 6.42 Å². The lowest BCUT2D eigenvalue weighted by Gasteiger charge is -2.32. The molecule has 5 nitrogen and oxygen atoms in total. The largest absolute Gasteiger partial charge is 0.480 e. The van der Waals surface area contributed by atoms with Crippen molar-refractivity contribution in [2.24, 2.45) is 17.8 Å². The fourth-order valence-electron chi connectivity index (χ4n) is 3.41. The molecule has 2 fully saturated rings. The van der Waals surface area contributed by atoms with Gasteiger partial charge in [0.05, 0.1) is 12.5 Å². The molecule has 1 saturated heterocycles. The zero-order valence-electron chi connectivity index (χ0n) is 12.8. The molecule has 0 aromatic heterocycles. The van der Waals surface area contributed by atoms with Crippen molar-refractivity contribution in [3.63, 3.8) is 0 Å². The Morgan fingerprint density at radius 3 is 2.48 bits per heavy atom. The average Bonchev–Trinajstić information content (AvgIpc) is 2.52. The molecule has 0 aromatic carbocycles. The monoisotopic (exact) mass is 337 g/mol. The first-order valence-electron chi connectivity index (χ1n) is 7.96. The quantitative estimate of drug-likeness (QED) is 0.826. The molecular weight excluding hydrogens is 315 g/mol. The van der Waals surface area contributed by atoms with Gasteiger partial charge in [0.15, 0.2) is 0 Å². The Hall–Kier alpha value is -1.31. The molecule has 1 saturated carbocycles. The fourth-order valence-corrected chi connectivity index (χ4v) is 3.41. The summed E-state index contributed by atoms with van der Waals surface area (Å²) in [5.41, 5.74) is 0. The van der Waals surface area contributed by atoms with Gasteiger partial charge in [-0.3, -0.25) is 4.79 Å². The van der Waals surface area contributed by atoms with E-state index < -0.39 is 35.9 Å². The third-order valence-corrected chi connectivity index (χ3v) is 4.74. The van der Waals surface area contributed by atoms with Gasteiger partial charge in [-0.25, -0.2) is 4.79 Å². The van der Waals surface area contributed by atoms with E-state index in [2.05, 4.69) is 5.32 Å². The van der Waals surface area contributed by atoms with Crippen molar-refractivity contribution in [3.05, 3.63) is 0 Å². The zero-order valence-corrected chi connectivity index (χ0v) is 12.8. The third kappa shape index (κ3) is 4.83. The van der Waals surface area contributed by atoms with Gasteiger partial charge in [-0.05, 0) is 32.1 Å². The molecule has 2 rings (SSSR count). The molecule has 132 valence electrons. The number of alkyl halides is 3. The van der Waals surface area contributed by atoms with Crippen LogP contribution in [0.25, 0.3) is 0 Å². The number of halogens is 3. The van der Waals surface area contributed by atoms with Crippen molar-refractivity contribution >= 4 is 11.9 Å². The molecule has 1 amide bonds. The molecule has 2 N–H and O–H groups in total. The molecule has 4 atom stereocenters. The van der Waals surface area contributed by atoms with Crippen LogP contribution in [0.1, 0.15) is 38.5 Å². The number of ether oxygens (including phenoxy) is 1. The summed E-state index contributed by atoms with van der Waals surface area (Å²) in [4.78, 5) is 23.6. The normalized spacial score (nSPS) is 30.5. The summed E-state index contributed by atoms with van der Waals surface area (Å²) < 4.78 is 43.7. The van der Waals surface area contributed by atoms with Gasteiger partial charge in [0.25, 0.3) is 0 Å². The molecular formula is C15H22F3NO4. The number of carboxylic acid groups (broad SMARTS) is 1. The van der Waals surface area contributed by atoms with Crippen LogP contribution in [-0.2, 0) is 14.3 Å². The number of aliphatic carboxylic acids is 1. The molecule has 1 aliphatic carbocycles. The Labute approximate surface area is 132 Å². The van der Waals surface area contributed by atoms with Crippen molar-refractivity contribution in [2.75, 3.05) is 13.2 Å². The number of rotatable bonds is 4. The summed E-state index contributed by atoms with van der Waals surface area (Å²) >= 11 is 0. The van der Waals surface area contributed by atoms with Gasteiger partial charge in [0, 0.05) is 18.4 Å². The average molecular weight is 337 g/mol. The minimum Gasteiger partial charge on any atom is -0.480 e. The standard InChI is InChI=1S/C15H22F3NO4/c16-15(17,18)11-5-1-3-9(7-11)13(20)19-12(14(21)22)10-4-2-6-23-8-10/h9-12H,1-8H2,(H,19,20)(H,21,22). The SMILES string of the molecule is O=C(NC(C(=O)O)C1CCCOC1)C1CCCC(C(F)(F)F)C1. The number of nitrogens with one attached hydrogen (secondary N) is 1. The lowest BCUT2D eigenvalue weighted by atomic mass is 9.80. The fraction of sp³-hybridized carbons (Fsp3) is 0.867. The Balaban J connectivity index is 1.96. The van der Waals surface area contributed by atoms with E-state index in [1.807, 2.05) is 0 Å².